The SMILES string of the molecule is CC(=O)NC1[C@H](OCN=[N+]=[N-])OC(CO)[C@@H](O[C@@H]2OC(CO)[C@@H](O[C@@H]3OC(CO[C@H]4OC(CO)[C@@H](O)[C@H](O)C4O[C@@H]4OC(CO)[C@@H](O[C@@H]5OC(CO)[C@H](O)[C@H](O)C5O)[C@H](O[C@@H]5OC(C)[C@@H](O)[C@H](O)C5O)C4NC(C)=O)[C@@H](O)[C@H](O[C@@H]4OC(CO)[C@H](O)C(O)[C@@H]4O[C@@H]4OC(CO)[C@@H](O[C@@H]5OC(CO)[C@H](O)[C@H](O)C5O)[C@H](O)C4NC(C)=O)C3O)[C@H](O)C2NC(C)=O)[C@@H]1O. The first-order chi connectivity index (χ1) is 59.7. The van der Waals surface area contributed by atoms with Crippen molar-refractivity contribution >= 4 is 23.6 Å². The van der Waals surface area contributed by atoms with Gasteiger partial charge >= 0.3 is 0 Å². The zero-order valence-electron chi connectivity index (χ0n) is 67.7. The molecule has 0 aliphatic carbocycles. The van der Waals surface area contributed by atoms with Crippen LogP contribution in [0, 0.1) is 0 Å². The van der Waals surface area contributed by atoms with Crippen LogP contribution in [0.4, 0.5) is 0 Å². The van der Waals surface area contributed by atoms with Crippen molar-refractivity contribution in [1.82, 2.24) is 21.3 Å². The van der Waals surface area contributed by atoms with Gasteiger partial charge in [0.1, 0.15) is 245 Å². The van der Waals surface area contributed by atoms with E-state index >= 15 is 0 Å². The number of amides is 4. The molecule has 57 nitrogen and oxygen atoms in total. The molecule has 10 aliphatic rings. The second-order valence-electron chi connectivity index (χ2n) is 31.5. The van der Waals surface area contributed by atoms with Crippen LogP contribution in [0.25, 0.3) is 10.4 Å². The standard InChI is InChI=1S/C69H115N7O50/c1-16-34(89)43(98)48(103)64(109-16)123-56-33(75-20(5)88)63(117-28(13-84)55(56)122-66-50(105)45(100)36(91)22(7-78)111-66)125-58-46(101)37(92)23(8-79)112-68(58)107-14-29-39(94)57(51(106)67(118-29)121-54-27(12-83)115-61(31(41(54)96)73-18(3)86)119-52-25(10-81)114-60(108-15-71-76-70)30(40(52)95)72-17(2)85)124-69-59(47(102)38(93)24(9-80)113-69)126-62-32(74-19(4)87)42(97)53(26(11-82)116-62)120-65-49(104)44(99)35(90)21(6-77)110-65/h16,21-69,77-84,89-106H,6-15H2,1-5H3,(H,72,85)(H,73,86)(H,74,87)(H,75,88)/t16?,21?,22?,23?,24?,25?,26?,27?,28?,29?,30?,31?,32?,33?,34-,35+,36+,37-,38+,39-,40-,41-,42-,43+,44+,45+,46+,47?,48?,49?,50?,51?,52-,53-,54-,55-,56-,57+,58?,59+,60-,61+,62+,63+,64+,65+,66+,67+,68+,69+/m1/s1. The largest absolute Gasteiger partial charge is 0.394 e. The number of carbonyl (C=O) groups is 4. The lowest BCUT2D eigenvalue weighted by Crippen LogP contribution is -2.71. The van der Waals surface area contributed by atoms with Crippen LogP contribution in [0.1, 0.15) is 34.6 Å². The third-order valence-corrected chi connectivity index (χ3v) is 22.8. The van der Waals surface area contributed by atoms with E-state index in [-0.39, 0.29) is 0 Å². The van der Waals surface area contributed by atoms with Crippen LogP contribution in [-0.2, 0) is 114 Å². The van der Waals surface area contributed by atoms with E-state index < -0.39 is 397 Å². The lowest BCUT2D eigenvalue weighted by atomic mass is 9.93. The highest BCUT2D eigenvalue weighted by atomic mass is 16.8. The van der Waals surface area contributed by atoms with Crippen molar-refractivity contribution in [1.29, 1.82) is 0 Å². The number of carbonyl (C=O) groups excluding carboxylic acids is 4. The molecule has 4 amide bonds. The van der Waals surface area contributed by atoms with Gasteiger partial charge in [-0.05, 0) is 12.5 Å². The van der Waals surface area contributed by atoms with Crippen molar-refractivity contribution in [2.24, 2.45) is 5.11 Å². The number of ether oxygens (including phenoxy) is 20. The van der Waals surface area contributed by atoms with Crippen LogP contribution in [0.15, 0.2) is 5.11 Å². The lowest BCUT2D eigenvalue weighted by molar-refractivity contribution is -0.400. The highest BCUT2D eigenvalue weighted by Gasteiger charge is 2.62. The van der Waals surface area contributed by atoms with E-state index in [1.165, 1.54) is 6.92 Å². The molecule has 0 aromatic heterocycles. The molecule has 10 rings (SSSR count). The van der Waals surface area contributed by atoms with Crippen LogP contribution in [-0.4, -0.2) is 529 Å². The molecule has 0 saturated carbocycles. The Labute approximate surface area is 712 Å². The first kappa shape index (κ1) is 103. The van der Waals surface area contributed by atoms with Crippen LogP contribution >= 0.6 is 0 Å². The molecule has 10 fully saturated rings. The molecule has 10 saturated heterocycles. The summed E-state index contributed by atoms with van der Waals surface area (Å²) in [6, 6.07) is -7.61. The fourth-order valence-corrected chi connectivity index (χ4v) is 16.1. The molecule has 57 heteroatoms. The number of azide groups is 1. The molecule has 0 radical (unpaired) electrons. The summed E-state index contributed by atoms with van der Waals surface area (Å²) in [5.41, 5.74) is 8.90. The van der Waals surface area contributed by atoms with Crippen molar-refractivity contribution in [3.63, 3.8) is 0 Å². The topological polar surface area (TPSA) is 876 Å². The van der Waals surface area contributed by atoms with Gasteiger partial charge in [0, 0.05) is 32.6 Å². The molecule has 0 aromatic rings. The zero-order chi connectivity index (χ0) is 92.6. The minimum absolute atomic E-state index is 0.741. The highest BCUT2D eigenvalue weighted by Crippen LogP contribution is 2.42. The zero-order valence-corrected chi connectivity index (χ0v) is 67.7. The Morgan fingerprint density at radius 1 is 0.270 bits per heavy atom. The predicted octanol–water partition coefficient (Wildman–Crippen LogP) is -19.9. The fourth-order valence-electron chi connectivity index (χ4n) is 16.1. The van der Waals surface area contributed by atoms with E-state index in [9.17, 15) is 152 Å². The lowest BCUT2D eigenvalue weighted by Gasteiger charge is -2.51. The average molecular weight is 1840 g/mol. The maximum Gasteiger partial charge on any atom is 0.217 e. The quantitative estimate of drug-likeness (QED) is 0.0162. The summed E-state index contributed by atoms with van der Waals surface area (Å²) in [6.07, 6.45) is -97.0. The van der Waals surface area contributed by atoms with Crippen molar-refractivity contribution in [3.05, 3.63) is 10.4 Å². The Balaban J connectivity index is 1.01. The molecular formula is C69H115N7O50. The smallest absolute Gasteiger partial charge is 0.217 e. The number of aliphatic hydroxyl groups excluding tert-OH is 26. The first-order valence-corrected chi connectivity index (χ1v) is 40.0. The van der Waals surface area contributed by atoms with Gasteiger partial charge < -0.3 is 249 Å². The summed E-state index contributed by atoms with van der Waals surface area (Å²) in [5.74, 6) is -3.77. The van der Waals surface area contributed by atoms with Gasteiger partial charge in [-0.2, -0.15) is 0 Å². The molecule has 10 aliphatic heterocycles. The normalized spacial score (nSPS) is 48.4. The second kappa shape index (κ2) is 45.9. The number of rotatable bonds is 34. The molecule has 726 valence electrons. The molecular weight excluding hydrogens is 1730 g/mol. The molecule has 0 spiro atoms. The number of hydrogen-bond donors (Lipinski definition) is 30. The predicted molar refractivity (Wildman–Crippen MR) is 388 cm³/mol. The maximum atomic E-state index is 13.5. The summed E-state index contributed by atoms with van der Waals surface area (Å²) in [6.45, 7) is -6.05. The van der Waals surface area contributed by atoms with Crippen molar-refractivity contribution in [3.8, 4) is 0 Å². The Bertz CT molecular complexity index is 3480. The summed E-state index contributed by atoms with van der Waals surface area (Å²) in [5, 5.41) is 305. The molecule has 50 atom stereocenters. The van der Waals surface area contributed by atoms with Gasteiger partial charge in [0.05, 0.1) is 65.6 Å². The van der Waals surface area contributed by atoms with Gasteiger partial charge in [-0.15, -0.1) is 0 Å². The Hall–Kier alpha value is -4.65. The average Bonchev–Trinajstić information content (AvgIpc) is 0.762. The third-order valence-electron chi connectivity index (χ3n) is 22.8. The number of hydrogen-bond acceptors (Lipinski definition) is 51. The number of aliphatic hydroxyl groups is 26. The minimum atomic E-state index is -2.64. The number of nitrogens with zero attached hydrogens (tertiary/aromatic N) is 3. The van der Waals surface area contributed by atoms with Gasteiger partial charge in [-0.1, -0.05) is 5.11 Å². The first-order valence-electron chi connectivity index (χ1n) is 40.0. The van der Waals surface area contributed by atoms with E-state index in [1.54, 1.807) is 0 Å². The summed E-state index contributed by atoms with van der Waals surface area (Å²) >= 11 is 0. The van der Waals surface area contributed by atoms with Gasteiger partial charge in [-0.25, -0.2) is 0 Å². The van der Waals surface area contributed by atoms with Gasteiger partial charge in [0.15, 0.2) is 62.9 Å². The molecule has 0 aromatic carbocycles. The summed E-state index contributed by atoms with van der Waals surface area (Å²) < 4.78 is 120. The molecule has 20 unspecified atom stereocenters. The minimum Gasteiger partial charge on any atom is -0.394 e. The van der Waals surface area contributed by atoms with Gasteiger partial charge in [-0.3, -0.25) is 19.2 Å². The molecule has 126 heavy (non-hydrogen) atoms. The van der Waals surface area contributed by atoms with Crippen LogP contribution in [0.5, 0.6) is 0 Å². The maximum absolute atomic E-state index is 13.5. The van der Waals surface area contributed by atoms with Crippen LogP contribution < -0.4 is 21.3 Å². The van der Waals surface area contributed by atoms with E-state index in [0.29, 0.717) is 0 Å². The molecule has 10 heterocycles. The monoisotopic (exact) mass is 1840 g/mol. The van der Waals surface area contributed by atoms with E-state index in [1.807, 2.05) is 0 Å². The Kier molecular flexibility index (Phi) is 37.6. The molecule has 30 N–H and O–H groups in total. The Morgan fingerprint density at radius 3 is 0.968 bits per heavy atom. The van der Waals surface area contributed by atoms with Gasteiger partial charge in [0.25, 0.3) is 0 Å². The van der Waals surface area contributed by atoms with E-state index in [4.69, 9.17) is 100 Å². The highest BCUT2D eigenvalue weighted by molar-refractivity contribution is 5.74. The molecule has 0 bridgehead atoms. The van der Waals surface area contributed by atoms with Crippen molar-refractivity contribution in [2.75, 3.05) is 66.2 Å². The third kappa shape index (κ3) is 23.0. The number of nitrogens with one attached hydrogen (secondary N) is 4. The Morgan fingerprint density at radius 2 is 0.556 bits per heavy atom. The summed E-state index contributed by atoms with van der Waals surface area (Å²) in [4.78, 5) is 54.8. The fraction of sp³-hybridized carbons (Fsp3) is 0.942. The van der Waals surface area contributed by atoms with E-state index in [2.05, 4.69) is 31.3 Å². The van der Waals surface area contributed by atoms with E-state index in [0.717, 1.165) is 27.7 Å². The van der Waals surface area contributed by atoms with Gasteiger partial charge in [0.2, 0.25) is 23.6 Å². The second-order valence-corrected chi connectivity index (χ2v) is 31.5. The van der Waals surface area contributed by atoms with Crippen LogP contribution in [0.2, 0.25) is 0 Å². The van der Waals surface area contributed by atoms with Crippen molar-refractivity contribution in [2.45, 2.75) is 341 Å². The van der Waals surface area contributed by atoms with Crippen LogP contribution in [0.3, 0.4) is 0 Å². The van der Waals surface area contributed by atoms with Crippen molar-refractivity contribution < 1.29 is 247 Å². The summed E-state index contributed by atoms with van der Waals surface area (Å²) in [7, 11) is 0.